The lowest BCUT2D eigenvalue weighted by Gasteiger charge is -2.31. The molecule has 2 nitrogen and oxygen atoms in total. The molecule has 0 bridgehead atoms. The first-order valence-corrected chi connectivity index (χ1v) is 7.56. The van der Waals surface area contributed by atoms with E-state index in [1.807, 2.05) is 6.08 Å². The molecule has 0 aromatic carbocycles. The summed E-state index contributed by atoms with van der Waals surface area (Å²) in [6.45, 7) is 9.73. The Morgan fingerprint density at radius 2 is 2.19 bits per heavy atom. The third-order valence-electron chi connectivity index (χ3n) is 3.27. The summed E-state index contributed by atoms with van der Waals surface area (Å²) < 4.78 is 2.53. The van der Waals surface area contributed by atoms with Gasteiger partial charge in [0, 0.05) is 36.7 Å². The normalized spacial score (nSPS) is 33.1. The molecular formula is C12H22N2S2. The summed E-state index contributed by atoms with van der Waals surface area (Å²) in [6.07, 6.45) is 5.93. The van der Waals surface area contributed by atoms with Crippen LogP contribution in [0.3, 0.4) is 0 Å². The molecule has 0 amide bonds. The van der Waals surface area contributed by atoms with Gasteiger partial charge >= 0.3 is 0 Å². The van der Waals surface area contributed by atoms with Crippen LogP contribution in [0.5, 0.6) is 0 Å². The minimum absolute atomic E-state index is 0.590. The van der Waals surface area contributed by atoms with E-state index in [0.717, 1.165) is 18.3 Å². The summed E-state index contributed by atoms with van der Waals surface area (Å²) in [6, 6.07) is 0. The maximum Gasteiger partial charge on any atom is 0.0334 e. The largest absolute Gasteiger partial charge is 0.299 e. The fourth-order valence-corrected chi connectivity index (χ4v) is 4.36. The fraction of sp³-hybridized carbons (Fsp3) is 0.833. The molecule has 0 aromatic heterocycles. The highest BCUT2D eigenvalue weighted by atomic mass is 32.2. The van der Waals surface area contributed by atoms with Gasteiger partial charge in [-0.2, -0.15) is 12.6 Å². The van der Waals surface area contributed by atoms with Crippen LogP contribution in [0.2, 0.25) is 0 Å². The molecule has 0 radical (unpaired) electrons. The highest BCUT2D eigenvalue weighted by Crippen LogP contribution is 2.29. The van der Waals surface area contributed by atoms with Crippen molar-refractivity contribution in [3.8, 4) is 0 Å². The number of nitrogens with zero attached hydrogens (tertiary/aromatic N) is 2. The van der Waals surface area contributed by atoms with Gasteiger partial charge in [-0.1, -0.05) is 18.0 Å². The Balaban J connectivity index is 1.71. The van der Waals surface area contributed by atoms with Crippen molar-refractivity contribution in [2.75, 3.05) is 32.7 Å². The van der Waals surface area contributed by atoms with Crippen LogP contribution in [0.4, 0.5) is 0 Å². The first kappa shape index (κ1) is 12.8. The van der Waals surface area contributed by atoms with Crippen molar-refractivity contribution in [2.24, 2.45) is 0 Å². The number of rotatable bonds is 4. The summed E-state index contributed by atoms with van der Waals surface area (Å²) >= 11 is 6.66. The summed E-state index contributed by atoms with van der Waals surface area (Å²) in [4.78, 5) is 2.49. The molecule has 2 aliphatic rings. The summed E-state index contributed by atoms with van der Waals surface area (Å²) in [5.74, 6) is 0. The second-order valence-electron chi connectivity index (χ2n) is 4.75. The Morgan fingerprint density at radius 1 is 1.31 bits per heavy atom. The smallest absolute Gasteiger partial charge is 0.0334 e. The van der Waals surface area contributed by atoms with Crippen molar-refractivity contribution in [1.82, 2.24) is 9.21 Å². The Bertz CT molecular complexity index is 235. The van der Waals surface area contributed by atoms with Gasteiger partial charge in [0.25, 0.3) is 0 Å². The molecule has 0 spiro atoms. The van der Waals surface area contributed by atoms with Crippen LogP contribution in [0.25, 0.3) is 0 Å². The molecule has 0 aliphatic carbocycles. The number of hydrogen-bond donors (Lipinski definition) is 1. The first-order chi connectivity index (χ1) is 7.78. The lowest BCUT2D eigenvalue weighted by Crippen LogP contribution is -2.33. The topological polar surface area (TPSA) is 6.48 Å². The predicted molar refractivity (Wildman–Crippen MR) is 76.2 cm³/mol. The van der Waals surface area contributed by atoms with Crippen LogP contribution >= 0.6 is 24.6 Å². The molecule has 92 valence electrons. The zero-order chi connectivity index (χ0) is 11.4. The summed E-state index contributed by atoms with van der Waals surface area (Å²) in [5.41, 5.74) is 0. The molecule has 4 heteroatoms. The van der Waals surface area contributed by atoms with E-state index in [1.54, 1.807) is 0 Å². The monoisotopic (exact) mass is 258 g/mol. The van der Waals surface area contributed by atoms with Crippen molar-refractivity contribution in [2.45, 2.75) is 29.8 Å². The number of hydrogen-bond acceptors (Lipinski definition) is 4. The van der Waals surface area contributed by atoms with E-state index in [1.165, 1.54) is 38.9 Å². The average molecular weight is 258 g/mol. The van der Waals surface area contributed by atoms with E-state index in [2.05, 4.69) is 40.4 Å². The zero-order valence-electron chi connectivity index (χ0n) is 9.85. The number of thiol groups is 1. The van der Waals surface area contributed by atoms with Crippen molar-refractivity contribution in [1.29, 1.82) is 0 Å². The fourth-order valence-electron chi connectivity index (χ4n) is 2.46. The Morgan fingerprint density at radius 3 is 2.94 bits per heavy atom. The van der Waals surface area contributed by atoms with Crippen molar-refractivity contribution < 1.29 is 0 Å². The average Bonchev–Trinajstić information content (AvgIpc) is 2.66. The Kier molecular flexibility index (Phi) is 5.07. The molecular weight excluding hydrogens is 236 g/mol. The van der Waals surface area contributed by atoms with Gasteiger partial charge in [0.2, 0.25) is 0 Å². The van der Waals surface area contributed by atoms with Crippen LogP contribution in [0.15, 0.2) is 12.7 Å². The minimum Gasteiger partial charge on any atom is -0.299 e. The molecule has 0 saturated carbocycles. The molecule has 2 heterocycles. The SMILES string of the molecule is C=CCN1CCC(SN2CCCC(S)C2)C1. The molecule has 0 aromatic rings. The van der Waals surface area contributed by atoms with E-state index in [0.29, 0.717) is 5.25 Å². The molecule has 2 unspecified atom stereocenters. The summed E-state index contributed by atoms with van der Waals surface area (Å²) in [7, 11) is 0. The number of likely N-dealkylation sites (tertiary alicyclic amines) is 1. The quantitative estimate of drug-likeness (QED) is 0.470. The van der Waals surface area contributed by atoms with Crippen LogP contribution in [-0.4, -0.2) is 52.4 Å². The van der Waals surface area contributed by atoms with Crippen LogP contribution in [0, 0.1) is 0 Å². The van der Waals surface area contributed by atoms with Crippen molar-refractivity contribution in [3.63, 3.8) is 0 Å². The van der Waals surface area contributed by atoms with Gasteiger partial charge in [0.1, 0.15) is 0 Å². The second-order valence-corrected chi connectivity index (χ2v) is 6.87. The lowest BCUT2D eigenvalue weighted by atomic mass is 10.2. The van der Waals surface area contributed by atoms with Crippen LogP contribution < -0.4 is 0 Å². The van der Waals surface area contributed by atoms with E-state index in [4.69, 9.17) is 0 Å². The van der Waals surface area contributed by atoms with Gasteiger partial charge in [-0.25, -0.2) is 4.31 Å². The molecule has 2 aliphatic heterocycles. The van der Waals surface area contributed by atoms with Gasteiger partial charge in [0.05, 0.1) is 0 Å². The van der Waals surface area contributed by atoms with Crippen LogP contribution in [-0.2, 0) is 0 Å². The van der Waals surface area contributed by atoms with Gasteiger partial charge in [-0.15, -0.1) is 6.58 Å². The molecule has 16 heavy (non-hydrogen) atoms. The Hall–Kier alpha value is 0.360. The van der Waals surface area contributed by atoms with Crippen molar-refractivity contribution in [3.05, 3.63) is 12.7 Å². The van der Waals surface area contributed by atoms with E-state index >= 15 is 0 Å². The van der Waals surface area contributed by atoms with E-state index < -0.39 is 0 Å². The van der Waals surface area contributed by atoms with Gasteiger partial charge in [-0.05, 0) is 25.8 Å². The molecule has 2 saturated heterocycles. The maximum absolute atomic E-state index is 4.59. The Labute approximate surface area is 109 Å². The number of piperidine rings is 1. The molecule has 0 N–H and O–H groups in total. The highest BCUT2D eigenvalue weighted by molar-refractivity contribution is 7.97. The predicted octanol–water partition coefficient (Wildman–Crippen LogP) is 2.29. The summed E-state index contributed by atoms with van der Waals surface area (Å²) in [5, 5.41) is 1.38. The third-order valence-corrected chi connectivity index (χ3v) is 5.01. The second kappa shape index (κ2) is 6.34. The van der Waals surface area contributed by atoms with Gasteiger partial charge in [-0.3, -0.25) is 4.90 Å². The van der Waals surface area contributed by atoms with E-state index in [9.17, 15) is 0 Å². The highest BCUT2D eigenvalue weighted by Gasteiger charge is 2.26. The molecule has 2 fully saturated rings. The maximum atomic E-state index is 4.59. The lowest BCUT2D eigenvalue weighted by molar-refractivity contribution is 0.373. The third kappa shape index (κ3) is 3.69. The van der Waals surface area contributed by atoms with E-state index in [-0.39, 0.29) is 0 Å². The van der Waals surface area contributed by atoms with Gasteiger partial charge < -0.3 is 0 Å². The molecule has 2 atom stereocenters. The standard InChI is InChI=1S/C12H22N2S2/c1-2-6-13-8-5-12(10-13)16-14-7-3-4-11(15)9-14/h2,11-12,15H,1,3-10H2. The minimum atomic E-state index is 0.590. The van der Waals surface area contributed by atoms with Gasteiger partial charge in [0.15, 0.2) is 0 Å². The van der Waals surface area contributed by atoms with Crippen molar-refractivity contribution >= 4 is 24.6 Å². The van der Waals surface area contributed by atoms with Crippen LogP contribution in [0.1, 0.15) is 19.3 Å². The first-order valence-electron chi connectivity index (χ1n) is 6.21. The zero-order valence-corrected chi connectivity index (χ0v) is 11.6. The molecule has 2 rings (SSSR count).